The molecule has 8 nitrogen and oxygen atoms in total. The third-order valence-electron chi connectivity index (χ3n) is 7.45. The zero-order valence-electron chi connectivity index (χ0n) is 26.5. The van der Waals surface area contributed by atoms with Crippen LogP contribution in [0.4, 0.5) is 10.1 Å². The maximum atomic E-state index is 14.5. The molecule has 0 fully saturated rings. The second-order valence-corrected chi connectivity index (χ2v) is 13.4. The Balaban J connectivity index is 1.80. The molecule has 0 saturated heterocycles. The predicted molar refractivity (Wildman–Crippen MR) is 177 cm³/mol. The normalized spacial score (nSPS) is 12.0. The molecule has 1 atom stereocenters. The Morgan fingerprint density at radius 2 is 1.52 bits per heavy atom. The summed E-state index contributed by atoms with van der Waals surface area (Å²) in [6.07, 6.45) is 0.204. The fourth-order valence-electron chi connectivity index (χ4n) is 4.92. The van der Waals surface area contributed by atoms with Crippen LogP contribution in [-0.4, -0.2) is 51.4 Å². The summed E-state index contributed by atoms with van der Waals surface area (Å²) in [7, 11) is -2.78. The second-order valence-electron chi connectivity index (χ2n) is 11.5. The van der Waals surface area contributed by atoms with E-state index in [0.717, 1.165) is 27.6 Å². The summed E-state index contributed by atoms with van der Waals surface area (Å²) >= 11 is 0. The molecular formula is C36H40FN3O5S. The molecule has 0 aliphatic rings. The van der Waals surface area contributed by atoms with Crippen molar-refractivity contribution < 1.29 is 27.1 Å². The number of aryl methyl sites for hydroxylation is 1. The van der Waals surface area contributed by atoms with Crippen LogP contribution >= 0.6 is 0 Å². The van der Waals surface area contributed by atoms with Gasteiger partial charge in [-0.2, -0.15) is 0 Å². The van der Waals surface area contributed by atoms with Crippen molar-refractivity contribution in [2.24, 2.45) is 5.92 Å². The molecule has 0 heterocycles. The fourth-order valence-corrected chi connectivity index (χ4v) is 6.33. The Morgan fingerprint density at radius 1 is 0.870 bits per heavy atom. The zero-order valence-corrected chi connectivity index (χ0v) is 27.3. The van der Waals surface area contributed by atoms with Crippen molar-refractivity contribution in [3.8, 4) is 5.75 Å². The first-order chi connectivity index (χ1) is 22.0. The number of hydrogen-bond donors (Lipinski definition) is 1. The van der Waals surface area contributed by atoms with E-state index in [0.29, 0.717) is 17.9 Å². The molecule has 4 aromatic carbocycles. The Hall–Kier alpha value is -4.70. The van der Waals surface area contributed by atoms with Gasteiger partial charge in [0.05, 0.1) is 17.7 Å². The molecule has 0 aliphatic heterocycles. The Bertz CT molecular complexity index is 1710. The molecule has 2 amide bonds. The number of ether oxygens (including phenoxy) is 1. The highest BCUT2D eigenvalue weighted by atomic mass is 32.2. The first kappa shape index (κ1) is 34.2. The third kappa shape index (κ3) is 8.94. The maximum Gasteiger partial charge on any atom is 0.264 e. The van der Waals surface area contributed by atoms with Gasteiger partial charge in [-0.1, -0.05) is 74.0 Å². The first-order valence-electron chi connectivity index (χ1n) is 15.1. The minimum Gasteiger partial charge on any atom is -0.497 e. The number of carbonyl (C=O) groups is 2. The highest BCUT2D eigenvalue weighted by Crippen LogP contribution is 2.26. The number of rotatable bonds is 14. The van der Waals surface area contributed by atoms with Crippen LogP contribution in [0.25, 0.3) is 0 Å². The summed E-state index contributed by atoms with van der Waals surface area (Å²) < 4.78 is 48.2. The van der Waals surface area contributed by atoms with E-state index in [1.807, 2.05) is 57.2 Å². The number of methoxy groups -OCH3 is 1. The van der Waals surface area contributed by atoms with Gasteiger partial charge in [-0.3, -0.25) is 13.9 Å². The van der Waals surface area contributed by atoms with Crippen molar-refractivity contribution >= 4 is 27.5 Å². The molecule has 0 aromatic heterocycles. The predicted octanol–water partition coefficient (Wildman–Crippen LogP) is 5.75. The van der Waals surface area contributed by atoms with Crippen LogP contribution in [0.2, 0.25) is 0 Å². The lowest BCUT2D eigenvalue weighted by Crippen LogP contribution is -2.53. The summed E-state index contributed by atoms with van der Waals surface area (Å²) in [5, 5.41) is 2.97. The molecule has 0 saturated carbocycles. The number of halogens is 1. The monoisotopic (exact) mass is 645 g/mol. The van der Waals surface area contributed by atoms with Gasteiger partial charge in [-0.15, -0.1) is 0 Å². The molecular weight excluding hydrogens is 605 g/mol. The minimum atomic E-state index is -4.32. The van der Waals surface area contributed by atoms with Crippen LogP contribution in [-0.2, 0) is 32.6 Å². The number of nitrogens with zero attached hydrogens (tertiary/aromatic N) is 2. The van der Waals surface area contributed by atoms with Gasteiger partial charge < -0.3 is 15.0 Å². The van der Waals surface area contributed by atoms with Crippen LogP contribution < -0.4 is 14.4 Å². The molecule has 46 heavy (non-hydrogen) atoms. The van der Waals surface area contributed by atoms with E-state index < -0.39 is 34.3 Å². The van der Waals surface area contributed by atoms with Gasteiger partial charge in [0.1, 0.15) is 24.2 Å². The van der Waals surface area contributed by atoms with Crippen LogP contribution in [0.3, 0.4) is 0 Å². The largest absolute Gasteiger partial charge is 0.497 e. The number of anilines is 1. The van der Waals surface area contributed by atoms with Gasteiger partial charge in [0.2, 0.25) is 11.8 Å². The molecule has 10 heteroatoms. The summed E-state index contributed by atoms with van der Waals surface area (Å²) in [6, 6.07) is 26.8. The van der Waals surface area contributed by atoms with Crippen molar-refractivity contribution in [2.75, 3.05) is 24.5 Å². The quantitative estimate of drug-likeness (QED) is 0.189. The summed E-state index contributed by atoms with van der Waals surface area (Å²) in [5.74, 6) is -0.778. The molecule has 4 aromatic rings. The van der Waals surface area contributed by atoms with Crippen molar-refractivity contribution in [1.29, 1.82) is 0 Å². The van der Waals surface area contributed by atoms with Crippen molar-refractivity contribution in [2.45, 2.75) is 44.7 Å². The van der Waals surface area contributed by atoms with Gasteiger partial charge in [-0.25, -0.2) is 12.8 Å². The van der Waals surface area contributed by atoms with Crippen molar-refractivity contribution in [3.63, 3.8) is 0 Å². The third-order valence-corrected chi connectivity index (χ3v) is 9.23. The van der Waals surface area contributed by atoms with Gasteiger partial charge in [-0.05, 0) is 72.5 Å². The number of benzene rings is 4. The van der Waals surface area contributed by atoms with Crippen LogP contribution in [0.15, 0.2) is 108 Å². The number of sulfonamides is 1. The van der Waals surface area contributed by atoms with Crippen LogP contribution in [0, 0.1) is 18.7 Å². The number of carbonyl (C=O) groups excluding carboxylic acids is 2. The topological polar surface area (TPSA) is 96.0 Å². The smallest absolute Gasteiger partial charge is 0.264 e. The lowest BCUT2D eigenvalue weighted by molar-refractivity contribution is -0.140. The SMILES string of the molecule is COc1cccc(CN(C(=O)CN(c2ccc(C)cc2)S(=O)(=O)c2ccc(F)cc2)C(Cc2ccccc2)C(=O)NCC(C)C)c1. The Labute approximate surface area is 270 Å². The van der Waals surface area contributed by atoms with Crippen molar-refractivity contribution in [3.05, 3.63) is 126 Å². The Morgan fingerprint density at radius 3 is 2.15 bits per heavy atom. The maximum absolute atomic E-state index is 14.5. The van der Waals surface area contributed by atoms with E-state index in [9.17, 15) is 22.4 Å². The van der Waals surface area contributed by atoms with E-state index >= 15 is 0 Å². The van der Waals surface area contributed by atoms with E-state index in [4.69, 9.17) is 4.74 Å². The fraction of sp³-hybridized carbons (Fsp3) is 0.278. The van der Waals surface area contributed by atoms with E-state index in [1.165, 1.54) is 17.0 Å². The number of amides is 2. The highest BCUT2D eigenvalue weighted by Gasteiger charge is 2.34. The van der Waals surface area contributed by atoms with Crippen LogP contribution in [0.1, 0.15) is 30.5 Å². The molecule has 242 valence electrons. The Kier molecular flexibility index (Phi) is 11.5. The lowest BCUT2D eigenvalue weighted by Gasteiger charge is -2.34. The van der Waals surface area contributed by atoms with Gasteiger partial charge in [0.15, 0.2) is 0 Å². The summed E-state index contributed by atoms with van der Waals surface area (Å²) in [6.45, 7) is 5.64. The summed E-state index contributed by atoms with van der Waals surface area (Å²) in [5.41, 5.74) is 2.70. The number of nitrogens with one attached hydrogen (secondary N) is 1. The van der Waals surface area contributed by atoms with Gasteiger partial charge in [0.25, 0.3) is 10.0 Å². The molecule has 1 N–H and O–H groups in total. The number of hydrogen-bond acceptors (Lipinski definition) is 5. The highest BCUT2D eigenvalue weighted by molar-refractivity contribution is 7.92. The molecule has 1 unspecified atom stereocenters. The average molecular weight is 646 g/mol. The zero-order chi connectivity index (χ0) is 33.3. The molecule has 0 aliphatic carbocycles. The van der Waals surface area contributed by atoms with Gasteiger partial charge in [0, 0.05) is 19.5 Å². The minimum absolute atomic E-state index is 0.0148. The van der Waals surface area contributed by atoms with Crippen molar-refractivity contribution in [1.82, 2.24) is 10.2 Å². The first-order valence-corrected chi connectivity index (χ1v) is 16.5. The van der Waals surface area contributed by atoms with Crippen LogP contribution in [0.5, 0.6) is 5.75 Å². The van der Waals surface area contributed by atoms with E-state index in [2.05, 4.69) is 5.32 Å². The van der Waals surface area contributed by atoms with E-state index in [1.54, 1.807) is 49.6 Å². The van der Waals surface area contributed by atoms with E-state index in [-0.39, 0.29) is 35.4 Å². The molecule has 0 bridgehead atoms. The standard InChI is InChI=1S/C36H40FN3O5S/c1-26(2)23-38-36(42)34(22-28-9-6-5-7-10-28)39(24-29-11-8-12-32(21-29)45-4)35(41)25-40(31-17-13-27(3)14-18-31)46(43,44)33-19-15-30(37)16-20-33/h5-21,26,34H,22-25H2,1-4H3,(H,38,42). The second kappa shape index (κ2) is 15.5. The lowest BCUT2D eigenvalue weighted by atomic mass is 10.0. The average Bonchev–Trinajstić information content (AvgIpc) is 3.05. The molecule has 0 spiro atoms. The molecule has 4 rings (SSSR count). The van der Waals surface area contributed by atoms with Gasteiger partial charge >= 0.3 is 0 Å². The molecule has 0 radical (unpaired) electrons. The summed E-state index contributed by atoms with van der Waals surface area (Å²) in [4.78, 5) is 29.6.